The van der Waals surface area contributed by atoms with Gasteiger partial charge < -0.3 is 14.9 Å². The fourth-order valence-corrected chi connectivity index (χ4v) is 2.27. The summed E-state index contributed by atoms with van der Waals surface area (Å²) < 4.78 is 4.98. The van der Waals surface area contributed by atoms with E-state index in [1.54, 1.807) is 0 Å². The van der Waals surface area contributed by atoms with Gasteiger partial charge in [0.2, 0.25) is 0 Å². The number of carboxylic acids is 2. The van der Waals surface area contributed by atoms with Crippen LogP contribution in [0.3, 0.4) is 0 Å². The molecule has 1 saturated carbocycles. The van der Waals surface area contributed by atoms with Crippen molar-refractivity contribution < 1.29 is 29.3 Å². The zero-order valence-corrected chi connectivity index (χ0v) is 10.3. The van der Waals surface area contributed by atoms with Crippen LogP contribution >= 0.6 is 0 Å². The van der Waals surface area contributed by atoms with Gasteiger partial charge in [-0.25, -0.2) is 0 Å². The quantitative estimate of drug-likeness (QED) is 0.717. The Hall–Kier alpha value is -1.59. The first-order valence-corrected chi connectivity index (χ1v) is 6.09. The minimum absolute atomic E-state index is 0.0504. The highest BCUT2D eigenvalue weighted by molar-refractivity contribution is 5.82. The summed E-state index contributed by atoms with van der Waals surface area (Å²) >= 11 is 0. The number of carbonyl (C=O) groups is 3. The van der Waals surface area contributed by atoms with Gasteiger partial charge in [0.25, 0.3) is 0 Å². The van der Waals surface area contributed by atoms with E-state index in [9.17, 15) is 14.4 Å². The van der Waals surface area contributed by atoms with E-state index in [2.05, 4.69) is 0 Å². The third-order valence-corrected chi connectivity index (χ3v) is 3.27. The van der Waals surface area contributed by atoms with Crippen LogP contribution in [-0.2, 0) is 19.1 Å². The molecular formula is C12H18O6. The van der Waals surface area contributed by atoms with E-state index in [4.69, 9.17) is 14.9 Å². The van der Waals surface area contributed by atoms with E-state index in [0.29, 0.717) is 19.4 Å². The van der Waals surface area contributed by atoms with Crippen molar-refractivity contribution in [3.63, 3.8) is 0 Å². The van der Waals surface area contributed by atoms with Crippen LogP contribution in [0.5, 0.6) is 0 Å². The molecule has 18 heavy (non-hydrogen) atoms. The minimum Gasteiger partial charge on any atom is -0.481 e. The van der Waals surface area contributed by atoms with Gasteiger partial charge in [-0.05, 0) is 25.7 Å². The Morgan fingerprint density at radius 2 is 1.72 bits per heavy atom. The highest BCUT2D eigenvalue weighted by atomic mass is 16.5. The van der Waals surface area contributed by atoms with Crippen LogP contribution in [0.15, 0.2) is 0 Å². The van der Waals surface area contributed by atoms with Crippen molar-refractivity contribution in [3.05, 3.63) is 0 Å². The van der Waals surface area contributed by atoms with Gasteiger partial charge in [0.05, 0.1) is 24.4 Å². The van der Waals surface area contributed by atoms with Gasteiger partial charge in [-0.15, -0.1) is 0 Å². The SMILES string of the molecule is CCCOC(=O)C1CCC(C(=O)O)C(C(=O)O)C1. The zero-order valence-electron chi connectivity index (χ0n) is 10.3. The van der Waals surface area contributed by atoms with Gasteiger partial charge in [0.1, 0.15) is 0 Å². The summed E-state index contributed by atoms with van der Waals surface area (Å²) in [6.45, 7) is 2.18. The van der Waals surface area contributed by atoms with E-state index in [1.807, 2.05) is 6.92 Å². The third-order valence-electron chi connectivity index (χ3n) is 3.27. The van der Waals surface area contributed by atoms with E-state index in [-0.39, 0.29) is 12.8 Å². The molecule has 0 radical (unpaired) electrons. The molecule has 0 aliphatic heterocycles. The Balaban J connectivity index is 2.65. The second kappa shape index (κ2) is 6.37. The van der Waals surface area contributed by atoms with Crippen molar-refractivity contribution in [2.75, 3.05) is 6.61 Å². The smallest absolute Gasteiger partial charge is 0.308 e. The lowest BCUT2D eigenvalue weighted by molar-refractivity contribution is -0.161. The van der Waals surface area contributed by atoms with Crippen molar-refractivity contribution in [2.45, 2.75) is 32.6 Å². The van der Waals surface area contributed by atoms with Gasteiger partial charge in [0, 0.05) is 0 Å². The van der Waals surface area contributed by atoms with Crippen molar-refractivity contribution in [1.29, 1.82) is 0 Å². The van der Waals surface area contributed by atoms with Crippen LogP contribution in [0.25, 0.3) is 0 Å². The van der Waals surface area contributed by atoms with Crippen LogP contribution in [0.1, 0.15) is 32.6 Å². The summed E-state index contributed by atoms with van der Waals surface area (Å²) in [4.78, 5) is 33.6. The Labute approximate surface area is 105 Å². The first-order valence-electron chi connectivity index (χ1n) is 6.09. The molecule has 0 heterocycles. The Bertz CT molecular complexity index is 337. The standard InChI is InChI=1S/C12H18O6/c1-2-5-18-12(17)7-3-4-8(10(13)14)9(6-7)11(15)16/h7-9H,2-6H2,1H3,(H,13,14)(H,15,16). The lowest BCUT2D eigenvalue weighted by Gasteiger charge is -2.30. The van der Waals surface area contributed by atoms with E-state index in [0.717, 1.165) is 0 Å². The fraction of sp³-hybridized carbons (Fsp3) is 0.750. The van der Waals surface area contributed by atoms with Gasteiger partial charge in [-0.2, -0.15) is 0 Å². The van der Waals surface area contributed by atoms with Gasteiger partial charge >= 0.3 is 17.9 Å². The molecule has 6 nitrogen and oxygen atoms in total. The molecular weight excluding hydrogens is 240 g/mol. The molecule has 0 aromatic carbocycles. The second-order valence-corrected chi connectivity index (χ2v) is 4.57. The first kappa shape index (κ1) is 14.5. The van der Waals surface area contributed by atoms with Crippen molar-refractivity contribution in [1.82, 2.24) is 0 Å². The number of aliphatic carboxylic acids is 2. The van der Waals surface area contributed by atoms with E-state index >= 15 is 0 Å². The molecule has 1 aliphatic carbocycles. The molecule has 0 saturated heterocycles. The van der Waals surface area contributed by atoms with Crippen molar-refractivity contribution in [2.24, 2.45) is 17.8 Å². The number of rotatable bonds is 5. The maximum absolute atomic E-state index is 11.6. The van der Waals surface area contributed by atoms with Crippen LogP contribution in [0.2, 0.25) is 0 Å². The summed E-state index contributed by atoms with van der Waals surface area (Å²) in [6, 6.07) is 0. The summed E-state index contributed by atoms with van der Waals surface area (Å²) in [5.41, 5.74) is 0. The number of carboxylic acid groups (broad SMARTS) is 2. The summed E-state index contributed by atoms with van der Waals surface area (Å²) in [5.74, 6) is -5.08. The number of hydrogen-bond acceptors (Lipinski definition) is 4. The maximum atomic E-state index is 11.6. The van der Waals surface area contributed by atoms with Gasteiger partial charge in [-0.3, -0.25) is 14.4 Å². The Kier molecular flexibility index (Phi) is 5.12. The maximum Gasteiger partial charge on any atom is 0.308 e. The zero-order chi connectivity index (χ0) is 13.7. The average molecular weight is 258 g/mol. The molecule has 6 heteroatoms. The van der Waals surface area contributed by atoms with Crippen LogP contribution in [0.4, 0.5) is 0 Å². The third kappa shape index (κ3) is 3.45. The molecule has 1 fully saturated rings. The van der Waals surface area contributed by atoms with Gasteiger partial charge in [0.15, 0.2) is 0 Å². The van der Waals surface area contributed by atoms with Gasteiger partial charge in [-0.1, -0.05) is 6.92 Å². The summed E-state index contributed by atoms with van der Waals surface area (Å²) in [5, 5.41) is 18.0. The number of carbonyl (C=O) groups excluding carboxylic acids is 1. The molecule has 0 spiro atoms. The Morgan fingerprint density at radius 1 is 1.11 bits per heavy atom. The molecule has 0 amide bonds. The van der Waals surface area contributed by atoms with E-state index in [1.165, 1.54) is 0 Å². The molecule has 0 aromatic heterocycles. The number of ether oxygens (including phenoxy) is 1. The monoisotopic (exact) mass is 258 g/mol. The van der Waals surface area contributed by atoms with Crippen LogP contribution in [-0.4, -0.2) is 34.7 Å². The highest BCUT2D eigenvalue weighted by Gasteiger charge is 2.41. The predicted molar refractivity (Wildman–Crippen MR) is 60.8 cm³/mol. The molecule has 2 N–H and O–H groups in total. The normalized spacial score (nSPS) is 27.5. The largest absolute Gasteiger partial charge is 0.481 e. The molecule has 0 bridgehead atoms. The first-order chi connectivity index (χ1) is 8.47. The fourth-order valence-electron chi connectivity index (χ4n) is 2.27. The average Bonchev–Trinajstić information content (AvgIpc) is 2.34. The Morgan fingerprint density at radius 3 is 2.22 bits per heavy atom. The lowest BCUT2D eigenvalue weighted by Crippen LogP contribution is -2.38. The number of hydrogen-bond donors (Lipinski definition) is 2. The summed E-state index contributed by atoms with van der Waals surface area (Å²) in [7, 11) is 0. The lowest BCUT2D eigenvalue weighted by atomic mass is 9.74. The number of esters is 1. The van der Waals surface area contributed by atoms with Crippen LogP contribution < -0.4 is 0 Å². The molecule has 3 atom stereocenters. The summed E-state index contributed by atoms with van der Waals surface area (Å²) in [6.07, 6.45) is 1.34. The van der Waals surface area contributed by atoms with Crippen molar-refractivity contribution in [3.8, 4) is 0 Å². The molecule has 1 rings (SSSR count). The molecule has 102 valence electrons. The molecule has 3 unspecified atom stereocenters. The second-order valence-electron chi connectivity index (χ2n) is 4.57. The van der Waals surface area contributed by atoms with E-state index < -0.39 is 35.7 Å². The van der Waals surface area contributed by atoms with Crippen molar-refractivity contribution >= 4 is 17.9 Å². The van der Waals surface area contributed by atoms with Crippen LogP contribution in [0, 0.1) is 17.8 Å². The molecule has 0 aromatic rings. The highest BCUT2D eigenvalue weighted by Crippen LogP contribution is 2.35. The predicted octanol–water partition coefficient (Wildman–Crippen LogP) is 1.14. The molecule has 1 aliphatic rings. The minimum atomic E-state index is -1.16. The topological polar surface area (TPSA) is 101 Å².